The minimum absolute atomic E-state index is 0.138. The van der Waals surface area contributed by atoms with Gasteiger partial charge in [0.25, 0.3) is 0 Å². The molecule has 0 unspecified atom stereocenters. The normalized spacial score (nSPS) is 23.9. The lowest BCUT2D eigenvalue weighted by atomic mass is 9.94. The zero-order valence-corrected chi connectivity index (χ0v) is 37.2. The van der Waals surface area contributed by atoms with E-state index in [1.54, 1.807) is 0 Å². The van der Waals surface area contributed by atoms with E-state index in [0.29, 0.717) is 13.2 Å². The molecule has 9 atom stereocenters. The van der Waals surface area contributed by atoms with Crippen LogP contribution in [0.1, 0.15) is 40.3 Å². The molecule has 0 N–H and O–H groups in total. The second-order valence-corrected chi connectivity index (χ2v) is 16.4. The molecule has 2 aliphatic rings. The Balaban J connectivity index is 1.17. The van der Waals surface area contributed by atoms with Crippen molar-refractivity contribution in [3.05, 3.63) is 228 Å². The standard InChI is InChI=1S/C56H58O10/c1-41(57)64-49-33-32-48(59-35-43-22-10-3-11-23-43)51(60-36-44-24-12-4-13-25-44)53(49)66-56-55(63-39-47-30-18-7-19-31-47)54(62-38-46-28-16-6-17-29-46)52(61-37-45-26-14-5-15-27-45)50(65-56)40-58-34-42-20-8-2-9-21-42/h2-33,48-56H,34-40H2,1H3/t48-,49-,50+,51+,52-,53+,54-,55+,56+/m0/s1. The summed E-state index contributed by atoms with van der Waals surface area (Å²) in [6.07, 6.45) is -3.61. The first-order valence-electron chi connectivity index (χ1n) is 22.6. The number of hydrogen-bond acceptors (Lipinski definition) is 10. The van der Waals surface area contributed by atoms with E-state index in [0.717, 1.165) is 33.4 Å². The molecule has 1 saturated heterocycles. The van der Waals surface area contributed by atoms with Crippen molar-refractivity contribution in [1.82, 2.24) is 0 Å². The van der Waals surface area contributed by atoms with Gasteiger partial charge in [0.15, 0.2) is 6.29 Å². The van der Waals surface area contributed by atoms with Crippen molar-refractivity contribution in [1.29, 1.82) is 0 Å². The predicted octanol–water partition coefficient (Wildman–Crippen LogP) is 9.74. The van der Waals surface area contributed by atoms with Gasteiger partial charge in [0.05, 0.1) is 46.2 Å². The average Bonchev–Trinajstić information content (AvgIpc) is 3.36. The highest BCUT2D eigenvalue weighted by molar-refractivity contribution is 5.66. The Labute approximate surface area is 387 Å². The number of rotatable bonds is 22. The second kappa shape index (κ2) is 24.7. The first kappa shape index (κ1) is 46.7. The van der Waals surface area contributed by atoms with Gasteiger partial charge in [-0.1, -0.05) is 188 Å². The number of carbonyl (C=O) groups is 1. The Morgan fingerprint density at radius 2 is 0.773 bits per heavy atom. The quantitative estimate of drug-likeness (QED) is 0.0484. The van der Waals surface area contributed by atoms with Gasteiger partial charge >= 0.3 is 5.97 Å². The molecule has 6 aromatic rings. The van der Waals surface area contributed by atoms with Crippen LogP contribution < -0.4 is 0 Å². The van der Waals surface area contributed by atoms with E-state index in [4.69, 9.17) is 42.6 Å². The number of benzene rings is 6. The van der Waals surface area contributed by atoms with Crippen LogP contribution in [0, 0.1) is 0 Å². The minimum Gasteiger partial charge on any atom is -0.455 e. The lowest BCUT2D eigenvalue weighted by molar-refractivity contribution is -0.348. The summed E-state index contributed by atoms with van der Waals surface area (Å²) in [6.45, 7) is 3.17. The van der Waals surface area contributed by atoms with Crippen molar-refractivity contribution in [3.63, 3.8) is 0 Å². The first-order chi connectivity index (χ1) is 32.6. The summed E-state index contributed by atoms with van der Waals surface area (Å²) in [4.78, 5) is 12.9. The van der Waals surface area contributed by atoms with Crippen LogP contribution >= 0.6 is 0 Å². The summed E-state index contributed by atoms with van der Waals surface area (Å²) >= 11 is 0. The zero-order valence-electron chi connectivity index (χ0n) is 37.2. The van der Waals surface area contributed by atoms with Gasteiger partial charge in [-0.3, -0.25) is 4.79 Å². The molecule has 0 saturated carbocycles. The van der Waals surface area contributed by atoms with E-state index in [-0.39, 0.29) is 33.0 Å². The molecule has 1 aliphatic heterocycles. The minimum atomic E-state index is -1.11. The van der Waals surface area contributed by atoms with Crippen LogP contribution in [0.25, 0.3) is 0 Å². The molecule has 6 aromatic carbocycles. The van der Waals surface area contributed by atoms with Gasteiger partial charge in [-0.25, -0.2) is 0 Å². The smallest absolute Gasteiger partial charge is 0.303 e. The maximum absolute atomic E-state index is 12.9. The largest absolute Gasteiger partial charge is 0.455 e. The molecule has 0 aromatic heterocycles. The van der Waals surface area contributed by atoms with Crippen molar-refractivity contribution in [2.24, 2.45) is 0 Å². The Morgan fingerprint density at radius 3 is 1.21 bits per heavy atom. The van der Waals surface area contributed by atoms with Crippen molar-refractivity contribution in [2.75, 3.05) is 6.61 Å². The maximum Gasteiger partial charge on any atom is 0.303 e. The fraction of sp³-hybridized carbons (Fsp3) is 0.304. The summed E-state index contributed by atoms with van der Waals surface area (Å²) < 4.78 is 61.1. The topological polar surface area (TPSA) is 100 Å². The maximum atomic E-state index is 12.9. The van der Waals surface area contributed by atoms with Gasteiger partial charge in [-0.2, -0.15) is 0 Å². The van der Waals surface area contributed by atoms with Crippen LogP contribution in [0.4, 0.5) is 0 Å². The Hall–Kier alpha value is -5.79. The Morgan fingerprint density at radius 1 is 0.409 bits per heavy atom. The molecule has 10 heteroatoms. The lowest BCUT2D eigenvalue weighted by Crippen LogP contribution is -2.64. The van der Waals surface area contributed by atoms with Crippen LogP contribution in [0.2, 0.25) is 0 Å². The summed E-state index contributed by atoms with van der Waals surface area (Å²) in [7, 11) is 0. The molecule has 10 nitrogen and oxygen atoms in total. The Bertz CT molecular complexity index is 2320. The number of hydrogen-bond donors (Lipinski definition) is 0. The van der Waals surface area contributed by atoms with Gasteiger partial charge in [-0.05, 0) is 39.5 Å². The van der Waals surface area contributed by atoms with Crippen molar-refractivity contribution < 1.29 is 47.4 Å². The monoisotopic (exact) mass is 890 g/mol. The first-order valence-corrected chi connectivity index (χ1v) is 22.6. The number of esters is 1. The van der Waals surface area contributed by atoms with E-state index in [1.165, 1.54) is 6.92 Å². The summed E-state index contributed by atoms with van der Waals surface area (Å²) in [5.41, 5.74) is 5.88. The third-order valence-corrected chi connectivity index (χ3v) is 11.5. The van der Waals surface area contributed by atoms with E-state index in [2.05, 4.69) is 0 Å². The molecule has 1 aliphatic carbocycles. The fourth-order valence-electron chi connectivity index (χ4n) is 8.15. The lowest BCUT2D eigenvalue weighted by Gasteiger charge is -2.48. The summed E-state index contributed by atoms with van der Waals surface area (Å²) in [5.74, 6) is -0.476. The molecule has 0 radical (unpaired) electrons. The second-order valence-electron chi connectivity index (χ2n) is 16.4. The molecular weight excluding hydrogens is 833 g/mol. The molecule has 0 bridgehead atoms. The zero-order chi connectivity index (χ0) is 45.2. The number of ether oxygens (including phenoxy) is 9. The molecule has 1 heterocycles. The highest BCUT2D eigenvalue weighted by Crippen LogP contribution is 2.35. The van der Waals surface area contributed by atoms with Gasteiger partial charge < -0.3 is 42.6 Å². The van der Waals surface area contributed by atoms with E-state index in [9.17, 15) is 4.79 Å². The number of carbonyl (C=O) groups excluding carboxylic acids is 1. The molecular formula is C56H58O10. The summed E-state index contributed by atoms with van der Waals surface area (Å²) in [5, 5.41) is 0. The van der Waals surface area contributed by atoms with E-state index < -0.39 is 61.1 Å². The van der Waals surface area contributed by atoms with Crippen molar-refractivity contribution in [2.45, 2.75) is 102 Å². The SMILES string of the molecule is CC(=O)O[C@H]1C=C[C@H](OCc2ccccc2)[C@@H](OCc2ccccc2)[C@@H]1O[C@H]1O[C@H](COCc2ccccc2)[C@H](OCc2ccccc2)[C@H](OCc2ccccc2)[C@H]1OCc1ccccc1. The highest BCUT2D eigenvalue weighted by Gasteiger charge is 2.52. The average molecular weight is 891 g/mol. The third-order valence-electron chi connectivity index (χ3n) is 11.5. The molecule has 1 fully saturated rings. The highest BCUT2D eigenvalue weighted by atomic mass is 16.7. The summed E-state index contributed by atoms with van der Waals surface area (Å²) in [6, 6.07) is 59.8. The van der Waals surface area contributed by atoms with Gasteiger partial charge in [-0.15, -0.1) is 0 Å². The van der Waals surface area contributed by atoms with Crippen LogP contribution in [0.3, 0.4) is 0 Å². The molecule has 0 spiro atoms. The van der Waals surface area contributed by atoms with Gasteiger partial charge in [0, 0.05) is 6.92 Å². The third kappa shape index (κ3) is 13.6. The van der Waals surface area contributed by atoms with Crippen molar-refractivity contribution in [3.8, 4) is 0 Å². The molecule has 66 heavy (non-hydrogen) atoms. The van der Waals surface area contributed by atoms with Gasteiger partial charge in [0.2, 0.25) is 0 Å². The van der Waals surface area contributed by atoms with Crippen LogP contribution in [0.5, 0.6) is 0 Å². The van der Waals surface area contributed by atoms with Crippen LogP contribution in [-0.2, 0) is 87.1 Å². The van der Waals surface area contributed by atoms with Gasteiger partial charge in [0.1, 0.15) is 48.8 Å². The van der Waals surface area contributed by atoms with E-state index in [1.807, 2.05) is 194 Å². The molecule has 342 valence electrons. The van der Waals surface area contributed by atoms with Crippen molar-refractivity contribution >= 4 is 5.97 Å². The fourth-order valence-corrected chi connectivity index (χ4v) is 8.15. The Kier molecular flexibility index (Phi) is 17.5. The molecule has 0 amide bonds. The van der Waals surface area contributed by atoms with Crippen LogP contribution in [-0.4, -0.2) is 67.7 Å². The predicted molar refractivity (Wildman–Crippen MR) is 249 cm³/mol. The molecule has 8 rings (SSSR count). The van der Waals surface area contributed by atoms with Crippen LogP contribution in [0.15, 0.2) is 194 Å². The van der Waals surface area contributed by atoms with E-state index >= 15 is 0 Å².